The van der Waals surface area contributed by atoms with E-state index in [1.54, 1.807) is 6.07 Å². The summed E-state index contributed by atoms with van der Waals surface area (Å²) in [5.41, 5.74) is 1.38. The first-order valence-electron chi connectivity index (χ1n) is 9.57. The second-order valence-corrected chi connectivity index (χ2v) is 7.86. The molecule has 4 aliphatic rings. The van der Waals surface area contributed by atoms with Crippen LogP contribution >= 0.6 is 0 Å². The van der Waals surface area contributed by atoms with Crippen molar-refractivity contribution >= 4 is 5.91 Å². The lowest BCUT2D eigenvalue weighted by Gasteiger charge is -2.51. The summed E-state index contributed by atoms with van der Waals surface area (Å²) in [5.74, 6) is 0.187. The van der Waals surface area contributed by atoms with Gasteiger partial charge in [-0.25, -0.2) is 4.39 Å². The van der Waals surface area contributed by atoms with E-state index in [4.69, 9.17) is 0 Å². The molecule has 27 heavy (non-hydrogen) atoms. The summed E-state index contributed by atoms with van der Waals surface area (Å²) < 4.78 is 13.4. The zero-order valence-electron chi connectivity index (χ0n) is 15.0. The minimum atomic E-state index is -0.242. The minimum Gasteiger partial charge on any atom is -0.505 e. The van der Waals surface area contributed by atoms with Gasteiger partial charge in [0.05, 0.1) is 17.8 Å². The fraction of sp³-hybridized carbons (Fsp3) is 0.429. The quantitative estimate of drug-likeness (QED) is 0.887. The van der Waals surface area contributed by atoms with E-state index in [9.17, 15) is 14.3 Å². The van der Waals surface area contributed by atoms with Crippen LogP contribution in [0.2, 0.25) is 0 Å². The molecule has 0 spiro atoms. The molecule has 140 valence electrons. The maximum Gasteiger partial charge on any atom is 0.258 e. The molecule has 4 saturated heterocycles. The summed E-state index contributed by atoms with van der Waals surface area (Å²) in [6.45, 7) is 2.71. The van der Waals surface area contributed by atoms with Gasteiger partial charge in [-0.2, -0.15) is 0 Å². The molecule has 5 nitrogen and oxygen atoms in total. The summed E-state index contributed by atoms with van der Waals surface area (Å²) in [6, 6.07) is 8.68. The van der Waals surface area contributed by atoms with Crippen LogP contribution < -0.4 is 0 Å². The van der Waals surface area contributed by atoms with Crippen LogP contribution in [0.15, 0.2) is 42.7 Å². The molecule has 0 aliphatic carbocycles. The largest absolute Gasteiger partial charge is 0.505 e. The van der Waals surface area contributed by atoms with Crippen molar-refractivity contribution in [1.82, 2.24) is 14.8 Å². The Morgan fingerprint density at radius 3 is 2.56 bits per heavy atom. The number of benzene rings is 1. The van der Waals surface area contributed by atoms with E-state index in [1.807, 2.05) is 17.0 Å². The average molecular weight is 367 g/mol. The Morgan fingerprint density at radius 2 is 1.85 bits per heavy atom. The molecular formula is C21H22FN3O2. The summed E-state index contributed by atoms with van der Waals surface area (Å²) >= 11 is 0. The van der Waals surface area contributed by atoms with E-state index in [0.717, 1.165) is 31.5 Å². The van der Waals surface area contributed by atoms with Crippen molar-refractivity contribution in [2.24, 2.45) is 5.92 Å². The second-order valence-electron chi connectivity index (χ2n) is 7.86. The number of likely N-dealkylation sites (tertiary alicyclic amines) is 1. The van der Waals surface area contributed by atoms with Crippen LogP contribution in [0.5, 0.6) is 5.75 Å². The first kappa shape index (κ1) is 16.7. The highest BCUT2D eigenvalue weighted by Crippen LogP contribution is 2.47. The number of aromatic nitrogens is 1. The number of piperidine rings is 3. The predicted octanol–water partition coefficient (Wildman–Crippen LogP) is 2.63. The van der Waals surface area contributed by atoms with Gasteiger partial charge in [0, 0.05) is 24.7 Å². The number of amides is 1. The van der Waals surface area contributed by atoms with Gasteiger partial charge in [0.2, 0.25) is 0 Å². The lowest BCUT2D eigenvalue weighted by atomic mass is 9.75. The van der Waals surface area contributed by atoms with Crippen LogP contribution in [0.25, 0.3) is 0 Å². The first-order chi connectivity index (χ1) is 13.1. The number of hydrogen-bond donors (Lipinski definition) is 1. The third-order valence-corrected chi connectivity index (χ3v) is 6.58. The third kappa shape index (κ3) is 2.62. The van der Waals surface area contributed by atoms with E-state index in [-0.39, 0.29) is 35.5 Å². The van der Waals surface area contributed by atoms with Crippen molar-refractivity contribution in [2.45, 2.75) is 30.8 Å². The van der Waals surface area contributed by atoms with Crippen molar-refractivity contribution in [3.05, 3.63) is 59.7 Å². The van der Waals surface area contributed by atoms with Gasteiger partial charge in [0.25, 0.3) is 5.91 Å². The maximum atomic E-state index is 13.4. The van der Waals surface area contributed by atoms with Crippen LogP contribution in [0.1, 0.15) is 34.7 Å². The smallest absolute Gasteiger partial charge is 0.258 e. The van der Waals surface area contributed by atoms with Gasteiger partial charge in [-0.05, 0) is 55.6 Å². The zero-order chi connectivity index (χ0) is 18.5. The Morgan fingerprint density at radius 1 is 1.11 bits per heavy atom. The summed E-state index contributed by atoms with van der Waals surface area (Å²) in [5, 5.41) is 10.1. The number of carbonyl (C=O) groups excluding carboxylic acids is 1. The van der Waals surface area contributed by atoms with Gasteiger partial charge in [-0.3, -0.25) is 14.7 Å². The van der Waals surface area contributed by atoms with Crippen LogP contribution in [0.3, 0.4) is 0 Å². The normalized spacial score (nSPS) is 31.7. The first-order valence-corrected chi connectivity index (χ1v) is 9.57. The highest BCUT2D eigenvalue weighted by atomic mass is 19.1. The van der Waals surface area contributed by atoms with Crippen LogP contribution in [-0.4, -0.2) is 57.5 Å². The number of pyridine rings is 1. The van der Waals surface area contributed by atoms with Crippen molar-refractivity contribution in [3.63, 3.8) is 0 Å². The zero-order valence-corrected chi connectivity index (χ0v) is 15.0. The molecule has 3 unspecified atom stereocenters. The third-order valence-electron chi connectivity index (χ3n) is 6.58. The van der Waals surface area contributed by atoms with Crippen molar-refractivity contribution in [1.29, 1.82) is 0 Å². The molecule has 1 aromatic carbocycles. The number of fused-ring (bicyclic) bond motifs is 2. The Hall–Kier alpha value is -2.47. The standard InChI is InChI=1S/C21H22FN3O2/c22-15-3-1-13(2-4-15)17-12-25(21(27)16-5-8-23-11-18(16)26)19-14-6-9-24(10-7-14)20(17)19/h1-5,8,11,14,17,19-20,26H,6-7,9-10,12H2. The molecule has 6 rings (SSSR count). The van der Waals surface area contributed by atoms with Gasteiger partial charge >= 0.3 is 0 Å². The number of aromatic hydroxyl groups is 1. The number of halogens is 1. The summed E-state index contributed by atoms with van der Waals surface area (Å²) in [7, 11) is 0. The fourth-order valence-corrected chi connectivity index (χ4v) is 5.38. The second kappa shape index (κ2) is 6.30. The topological polar surface area (TPSA) is 56.7 Å². The summed E-state index contributed by atoms with van der Waals surface area (Å²) in [4.78, 5) is 21.6. The fourth-order valence-electron chi connectivity index (χ4n) is 5.38. The Labute approximate surface area is 157 Å². The molecule has 0 radical (unpaired) electrons. The SMILES string of the molecule is O=C(c1ccncc1O)N1CC(c2ccc(F)cc2)C2C1C1CCN2CC1. The van der Waals surface area contributed by atoms with E-state index < -0.39 is 0 Å². The van der Waals surface area contributed by atoms with Gasteiger partial charge in [0.1, 0.15) is 11.6 Å². The molecule has 1 amide bonds. The van der Waals surface area contributed by atoms with Gasteiger partial charge in [-0.1, -0.05) is 12.1 Å². The van der Waals surface area contributed by atoms with Crippen molar-refractivity contribution in [3.8, 4) is 5.75 Å². The maximum absolute atomic E-state index is 13.4. The molecule has 1 N–H and O–H groups in total. The molecule has 4 aliphatic heterocycles. The summed E-state index contributed by atoms with van der Waals surface area (Å²) in [6.07, 6.45) is 5.05. The molecule has 4 fully saturated rings. The predicted molar refractivity (Wildman–Crippen MR) is 98.0 cm³/mol. The van der Waals surface area contributed by atoms with Crippen LogP contribution in [0.4, 0.5) is 4.39 Å². The number of rotatable bonds is 2. The lowest BCUT2D eigenvalue weighted by Crippen LogP contribution is -2.60. The van der Waals surface area contributed by atoms with Crippen LogP contribution in [0, 0.1) is 11.7 Å². The number of nitrogens with zero attached hydrogens (tertiary/aromatic N) is 3. The highest BCUT2D eigenvalue weighted by Gasteiger charge is 2.54. The molecule has 5 heterocycles. The van der Waals surface area contributed by atoms with E-state index in [2.05, 4.69) is 9.88 Å². The van der Waals surface area contributed by atoms with Gasteiger partial charge in [-0.15, -0.1) is 0 Å². The van der Waals surface area contributed by atoms with Crippen molar-refractivity contribution in [2.75, 3.05) is 19.6 Å². The molecule has 2 bridgehead atoms. The molecular weight excluding hydrogens is 345 g/mol. The monoisotopic (exact) mass is 367 g/mol. The average Bonchev–Trinajstić information content (AvgIpc) is 3.12. The Kier molecular flexibility index (Phi) is 3.90. The van der Waals surface area contributed by atoms with Crippen LogP contribution in [-0.2, 0) is 0 Å². The number of hydrogen-bond acceptors (Lipinski definition) is 4. The van der Waals surface area contributed by atoms with Gasteiger partial charge < -0.3 is 10.0 Å². The van der Waals surface area contributed by atoms with E-state index in [1.165, 1.54) is 24.5 Å². The Balaban J connectivity index is 1.53. The molecule has 2 aromatic rings. The minimum absolute atomic E-state index is 0.0782. The van der Waals surface area contributed by atoms with Gasteiger partial charge in [0.15, 0.2) is 0 Å². The molecule has 1 aromatic heterocycles. The number of carbonyl (C=O) groups is 1. The lowest BCUT2D eigenvalue weighted by molar-refractivity contribution is -0.00349. The molecule has 6 heteroatoms. The van der Waals surface area contributed by atoms with Crippen molar-refractivity contribution < 1.29 is 14.3 Å². The Bertz CT molecular complexity index is 864. The molecule has 3 atom stereocenters. The van der Waals surface area contributed by atoms with E-state index in [0.29, 0.717) is 18.0 Å². The molecule has 0 saturated carbocycles. The highest BCUT2D eigenvalue weighted by molar-refractivity contribution is 5.97. The van der Waals surface area contributed by atoms with E-state index >= 15 is 0 Å².